The van der Waals surface area contributed by atoms with Crippen LogP contribution in [0, 0.1) is 5.92 Å². The first-order chi connectivity index (χ1) is 14.1. The van der Waals surface area contributed by atoms with E-state index in [0.717, 1.165) is 22.2 Å². The maximum Gasteiger partial charge on any atom is 0.230 e. The molecule has 1 fully saturated rings. The molecule has 0 aliphatic carbocycles. The predicted octanol–water partition coefficient (Wildman–Crippen LogP) is 2.14. The van der Waals surface area contributed by atoms with Gasteiger partial charge in [-0.05, 0) is 29.7 Å². The molecule has 3 amide bonds. The molecule has 4 rings (SSSR count). The van der Waals surface area contributed by atoms with Crippen LogP contribution in [-0.4, -0.2) is 27.3 Å². The number of imidazole rings is 1. The van der Waals surface area contributed by atoms with Gasteiger partial charge >= 0.3 is 0 Å². The van der Waals surface area contributed by atoms with Crippen molar-refractivity contribution in [2.75, 3.05) is 0 Å². The Morgan fingerprint density at radius 2 is 1.97 bits per heavy atom. The van der Waals surface area contributed by atoms with Crippen LogP contribution in [0.25, 0.3) is 11.0 Å². The van der Waals surface area contributed by atoms with Gasteiger partial charge in [-0.3, -0.25) is 19.7 Å². The van der Waals surface area contributed by atoms with Gasteiger partial charge in [0.15, 0.2) is 0 Å². The molecule has 1 unspecified atom stereocenters. The van der Waals surface area contributed by atoms with Crippen molar-refractivity contribution in [2.45, 2.75) is 32.4 Å². The number of piperidine rings is 1. The van der Waals surface area contributed by atoms with Crippen molar-refractivity contribution < 1.29 is 14.4 Å². The molecule has 2 N–H and O–H groups in total. The summed E-state index contributed by atoms with van der Waals surface area (Å²) in [5, 5.41) is 5.15. The van der Waals surface area contributed by atoms with E-state index in [9.17, 15) is 14.4 Å². The van der Waals surface area contributed by atoms with E-state index in [1.165, 1.54) is 0 Å². The van der Waals surface area contributed by atoms with Gasteiger partial charge in [-0.1, -0.05) is 36.4 Å². The van der Waals surface area contributed by atoms with Gasteiger partial charge in [0.05, 0.1) is 17.4 Å². The highest BCUT2D eigenvalue weighted by Crippen LogP contribution is 2.17. The van der Waals surface area contributed by atoms with Gasteiger partial charge in [0.25, 0.3) is 0 Å². The van der Waals surface area contributed by atoms with E-state index < -0.39 is 5.92 Å². The molecule has 0 bridgehead atoms. The Hall–Kier alpha value is -3.48. The molecule has 3 aromatic rings. The maximum absolute atomic E-state index is 12.2. The van der Waals surface area contributed by atoms with Gasteiger partial charge in [0, 0.05) is 31.8 Å². The highest BCUT2D eigenvalue weighted by Gasteiger charge is 2.28. The molecule has 0 radical (unpaired) electrons. The largest absolute Gasteiger partial charge is 0.352 e. The third kappa shape index (κ3) is 4.51. The Labute approximate surface area is 168 Å². The molecule has 1 aromatic heterocycles. The fourth-order valence-electron chi connectivity index (χ4n) is 3.60. The topological polar surface area (TPSA) is 93.1 Å². The van der Waals surface area contributed by atoms with E-state index in [1.54, 1.807) is 0 Å². The number of aromatic nitrogens is 2. The average Bonchev–Trinajstić information content (AvgIpc) is 3.12. The molecule has 1 atom stereocenters. The van der Waals surface area contributed by atoms with Gasteiger partial charge < -0.3 is 9.88 Å². The Bertz CT molecular complexity index is 1070. The normalized spacial score (nSPS) is 16.6. The van der Waals surface area contributed by atoms with Crippen LogP contribution in [0.1, 0.15) is 30.4 Å². The zero-order valence-corrected chi connectivity index (χ0v) is 15.9. The van der Waals surface area contributed by atoms with Crippen LogP contribution in [0.2, 0.25) is 0 Å². The molecular formula is C22H22N4O3. The van der Waals surface area contributed by atoms with Crippen molar-refractivity contribution in [3.05, 3.63) is 66.0 Å². The highest BCUT2D eigenvalue weighted by molar-refractivity contribution is 6.00. The summed E-state index contributed by atoms with van der Waals surface area (Å²) in [4.78, 5) is 39.6. The second-order valence-corrected chi connectivity index (χ2v) is 7.31. The van der Waals surface area contributed by atoms with Crippen LogP contribution in [0.5, 0.6) is 0 Å². The van der Waals surface area contributed by atoms with Gasteiger partial charge in [-0.15, -0.1) is 0 Å². The van der Waals surface area contributed by atoms with Gasteiger partial charge in [-0.2, -0.15) is 0 Å². The molecule has 0 spiro atoms. The smallest absolute Gasteiger partial charge is 0.230 e. The van der Waals surface area contributed by atoms with E-state index >= 15 is 0 Å². The number of para-hydroxylation sites is 2. The van der Waals surface area contributed by atoms with E-state index in [1.807, 2.05) is 48.8 Å². The Morgan fingerprint density at radius 1 is 1.14 bits per heavy atom. The zero-order chi connectivity index (χ0) is 20.2. The van der Waals surface area contributed by atoms with Crippen molar-refractivity contribution in [2.24, 2.45) is 5.92 Å². The third-order valence-corrected chi connectivity index (χ3v) is 5.15. The lowest BCUT2D eigenvalue weighted by molar-refractivity contribution is -0.138. The van der Waals surface area contributed by atoms with Crippen LogP contribution in [0.3, 0.4) is 0 Å². The number of nitrogens with one attached hydrogen (secondary N) is 2. The Balaban J connectivity index is 1.35. The van der Waals surface area contributed by atoms with Crippen molar-refractivity contribution in [3.8, 4) is 0 Å². The summed E-state index contributed by atoms with van der Waals surface area (Å²) < 4.78 is 2.09. The number of benzene rings is 2. The van der Waals surface area contributed by atoms with Crippen LogP contribution in [0.4, 0.5) is 0 Å². The highest BCUT2D eigenvalue weighted by atomic mass is 16.2. The molecule has 0 saturated carbocycles. The number of rotatable bonds is 6. The number of fused-ring (bicyclic) bond motifs is 1. The molecule has 1 aliphatic heterocycles. The third-order valence-electron chi connectivity index (χ3n) is 5.15. The Kier molecular flexibility index (Phi) is 5.37. The van der Waals surface area contributed by atoms with Crippen molar-refractivity contribution >= 4 is 28.8 Å². The van der Waals surface area contributed by atoms with E-state index in [-0.39, 0.29) is 30.6 Å². The van der Waals surface area contributed by atoms with Crippen molar-refractivity contribution in [1.82, 2.24) is 20.2 Å². The summed E-state index contributed by atoms with van der Waals surface area (Å²) in [5.41, 5.74) is 4.15. The van der Waals surface area contributed by atoms with E-state index in [4.69, 9.17) is 0 Å². The number of amides is 3. The van der Waals surface area contributed by atoms with Crippen molar-refractivity contribution in [1.29, 1.82) is 0 Å². The molecule has 2 heterocycles. The molecule has 1 saturated heterocycles. The second-order valence-electron chi connectivity index (χ2n) is 7.31. The minimum absolute atomic E-state index is 0.0971. The summed E-state index contributed by atoms with van der Waals surface area (Å²) in [6.07, 6.45) is 2.64. The number of carbonyl (C=O) groups excluding carboxylic acids is 3. The average molecular weight is 390 g/mol. The number of nitrogens with zero attached hydrogens (tertiary/aromatic N) is 2. The Morgan fingerprint density at radius 3 is 2.83 bits per heavy atom. The standard InChI is InChI=1S/C22H22N4O3/c27-20-9-8-17(22(29)25-20)11-21(28)23-12-15-4-3-5-16(10-15)13-26-14-24-18-6-1-2-7-19(18)26/h1-7,10,14,17H,8-9,11-13H2,(H,23,28)(H,25,27,29). The lowest BCUT2D eigenvalue weighted by Gasteiger charge is -2.20. The minimum Gasteiger partial charge on any atom is -0.352 e. The minimum atomic E-state index is -0.437. The molecule has 7 heteroatoms. The maximum atomic E-state index is 12.2. The lowest BCUT2D eigenvalue weighted by Crippen LogP contribution is -2.42. The fourth-order valence-corrected chi connectivity index (χ4v) is 3.60. The summed E-state index contributed by atoms with van der Waals surface area (Å²) in [7, 11) is 0. The molecule has 2 aromatic carbocycles. The first-order valence-electron chi connectivity index (χ1n) is 9.66. The number of hydrogen-bond acceptors (Lipinski definition) is 4. The van der Waals surface area contributed by atoms with Gasteiger partial charge in [0.1, 0.15) is 0 Å². The predicted molar refractivity (Wildman–Crippen MR) is 108 cm³/mol. The van der Waals surface area contributed by atoms with Gasteiger partial charge in [0.2, 0.25) is 17.7 Å². The summed E-state index contributed by atoms with van der Waals surface area (Å²) in [6, 6.07) is 16.0. The second kappa shape index (κ2) is 8.26. The van der Waals surface area contributed by atoms with Crippen LogP contribution in [0.15, 0.2) is 54.9 Å². The number of carbonyl (C=O) groups is 3. The van der Waals surface area contributed by atoms with Gasteiger partial charge in [-0.25, -0.2) is 4.98 Å². The summed E-state index contributed by atoms with van der Waals surface area (Å²) in [6.45, 7) is 1.09. The summed E-state index contributed by atoms with van der Waals surface area (Å²) in [5.74, 6) is -1.25. The number of hydrogen-bond donors (Lipinski definition) is 2. The molecular weight excluding hydrogens is 368 g/mol. The van der Waals surface area contributed by atoms with E-state index in [0.29, 0.717) is 19.5 Å². The molecule has 1 aliphatic rings. The number of imide groups is 1. The van der Waals surface area contributed by atoms with Crippen LogP contribution >= 0.6 is 0 Å². The zero-order valence-electron chi connectivity index (χ0n) is 15.9. The first-order valence-corrected chi connectivity index (χ1v) is 9.66. The van der Waals surface area contributed by atoms with Crippen molar-refractivity contribution in [3.63, 3.8) is 0 Å². The monoisotopic (exact) mass is 390 g/mol. The summed E-state index contributed by atoms with van der Waals surface area (Å²) >= 11 is 0. The fraction of sp³-hybridized carbons (Fsp3) is 0.273. The van der Waals surface area contributed by atoms with Crippen LogP contribution in [-0.2, 0) is 27.5 Å². The molecule has 148 valence electrons. The quantitative estimate of drug-likeness (QED) is 0.631. The SMILES string of the molecule is O=C(CC1CCC(=O)NC1=O)NCc1cccc(Cn2cnc3ccccc32)c1. The molecule has 29 heavy (non-hydrogen) atoms. The first kappa shape index (κ1) is 18.9. The lowest BCUT2D eigenvalue weighted by atomic mass is 9.94. The van der Waals surface area contributed by atoms with Crippen LogP contribution < -0.4 is 10.6 Å². The molecule has 7 nitrogen and oxygen atoms in total. The van der Waals surface area contributed by atoms with E-state index in [2.05, 4.69) is 26.3 Å².